The van der Waals surface area contributed by atoms with Crippen LogP contribution in [0.1, 0.15) is 38.0 Å². The van der Waals surface area contributed by atoms with Crippen molar-refractivity contribution in [2.75, 3.05) is 0 Å². The monoisotopic (exact) mass is 336 g/mol. The second-order valence-corrected chi connectivity index (χ2v) is 6.91. The summed E-state index contributed by atoms with van der Waals surface area (Å²) < 4.78 is 2.97. The van der Waals surface area contributed by atoms with Crippen LogP contribution in [-0.4, -0.2) is 20.3 Å². The minimum atomic E-state index is 0.0763. The third-order valence-electron chi connectivity index (χ3n) is 2.95. The van der Waals surface area contributed by atoms with Crippen molar-refractivity contribution in [3.05, 3.63) is 39.9 Å². The second kappa shape index (κ2) is 5.66. The van der Waals surface area contributed by atoms with Crippen LogP contribution < -0.4 is 5.32 Å². The van der Waals surface area contributed by atoms with Gasteiger partial charge in [0.1, 0.15) is 11.6 Å². The molecule has 1 heterocycles. The van der Waals surface area contributed by atoms with Crippen LogP contribution in [0.3, 0.4) is 0 Å². The van der Waals surface area contributed by atoms with Crippen LogP contribution in [0, 0.1) is 13.8 Å². The van der Waals surface area contributed by atoms with Crippen molar-refractivity contribution in [1.29, 1.82) is 0 Å². The Hall–Kier alpha value is -1.20. The molecule has 1 N–H and O–H groups in total. The summed E-state index contributed by atoms with van der Waals surface area (Å²) >= 11 is 3.54. The molecule has 2 rings (SSSR count). The minimum absolute atomic E-state index is 0.0763. The number of aryl methyl sites for hydroxylation is 2. The Morgan fingerprint density at radius 3 is 2.50 bits per heavy atom. The third kappa shape index (κ3) is 3.67. The molecule has 1 aromatic carbocycles. The van der Waals surface area contributed by atoms with Gasteiger partial charge in [-0.1, -0.05) is 15.9 Å². The lowest BCUT2D eigenvalue weighted by molar-refractivity contribution is 0.423. The average molecular weight is 337 g/mol. The van der Waals surface area contributed by atoms with Crippen LogP contribution in [0.2, 0.25) is 0 Å². The van der Waals surface area contributed by atoms with Gasteiger partial charge in [0, 0.05) is 16.6 Å². The number of rotatable bonds is 3. The highest BCUT2D eigenvalue weighted by molar-refractivity contribution is 9.10. The zero-order chi connectivity index (χ0) is 14.9. The normalized spacial score (nSPS) is 11.9. The van der Waals surface area contributed by atoms with Gasteiger partial charge in [-0.3, -0.25) is 0 Å². The van der Waals surface area contributed by atoms with Crippen molar-refractivity contribution < 1.29 is 0 Å². The summed E-state index contributed by atoms with van der Waals surface area (Å²) in [4.78, 5) is 4.38. The van der Waals surface area contributed by atoms with Crippen molar-refractivity contribution in [3.63, 3.8) is 0 Å². The molecule has 0 aliphatic rings. The number of halogens is 1. The van der Waals surface area contributed by atoms with Gasteiger partial charge in [0.05, 0.1) is 5.69 Å². The zero-order valence-electron chi connectivity index (χ0n) is 12.7. The standard InChI is InChI=1S/C15H21BrN4/c1-10-18-11(2)20(19-10)14-7-6-13(16)8-12(14)9-17-15(3,4)5/h6-8,17H,9H2,1-5H3. The Kier molecular flexibility index (Phi) is 4.30. The molecule has 108 valence electrons. The molecule has 0 aliphatic heterocycles. The Morgan fingerprint density at radius 1 is 1.25 bits per heavy atom. The average Bonchev–Trinajstić information content (AvgIpc) is 2.65. The van der Waals surface area contributed by atoms with Crippen LogP contribution in [-0.2, 0) is 6.54 Å². The largest absolute Gasteiger partial charge is 0.308 e. The molecule has 0 spiro atoms. The van der Waals surface area contributed by atoms with E-state index in [2.05, 4.69) is 64.2 Å². The maximum atomic E-state index is 4.48. The number of aromatic nitrogens is 3. The first-order valence-corrected chi connectivity index (χ1v) is 7.50. The summed E-state index contributed by atoms with van der Waals surface area (Å²) in [6.45, 7) is 11.2. The number of hydrogen-bond donors (Lipinski definition) is 1. The van der Waals surface area contributed by atoms with E-state index in [1.807, 2.05) is 24.6 Å². The van der Waals surface area contributed by atoms with Crippen LogP contribution in [0.25, 0.3) is 5.69 Å². The Balaban J connectivity index is 2.40. The molecule has 0 bridgehead atoms. The zero-order valence-corrected chi connectivity index (χ0v) is 14.2. The van der Waals surface area contributed by atoms with Gasteiger partial charge in [-0.2, -0.15) is 5.10 Å². The summed E-state index contributed by atoms with van der Waals surface area (Å²) in [6, 6.07) is 6.24. The number of nitrogens with one attached hydrogen (secondary N) is 1. The molecule has 4 nitrogen and oxygen atoms in total. The molecular weight excluding hydrogens is 316 g/mol. The van der Waals surface area contributed by atoms with Crippen molar-refractivity contribution >= 4 is 15.9 Å². The summed E-state index contributed by atoms with van der Waals surface area (Å²) in [7, 11) is 0. The number of hydrogen-bond acceptors (Lipinski definition) is 3. The quantitative estimate of drug-likeness (QED) is 0.932. The predicted molar refractivity (Wildman–Crippen MR) is 85.1 cm³/mol. The summed E-state index contributed by atoms with van der Waals surface area (Å²) in [6.07, 6.45) is 0. The molecule has 0 aliphatic carbocycles. The molecule has 0 amide bonds. The van der Waals surface area contributed by atoms with Gasteiger partial charge in [-0.15, -0.1) is 0 Å². The lowest BCUT2D eigenvalue weighted by Crippen LogP contribution is -2.35. The van der Waals surface area contributed by atoms with Crippen molar-refractivity contribution in [3.8, 4) is 5.69 Å². The van der Waals surface area contributed by atoms with E-state index in [0.29, 0.717) is 0 Å². The molecule has 1 aromatic heterocycles. The fraction of sp³-hybridized carbons (Fsp3) is 0.467. The Labute approximate surface area is 128 Å². The van der Waals surface area contributed by atoms with Gasteiger partial charge in [-0.25, -0.2) is 9.67 Å². The minimum Gasteiger partial charge on any atom is -0.308 e. The Bertz CT molecular complexity index is 611. The van der Waals surface area contributed by atoms with Crippen molar-refractivity contribution in [1.82, 2.24) is 20.1 Å². The highest BCUT2D eigenvalue weighted by Crippen LogP contribution is 2.21. The predicted octanol–water partition coefficient (Wildman–Crippen LogP) is 3.53. The molecule has 5 heteroatoms. The van der Waals surface area contributed by atoms with Crippen LogP contribution >= 0.6 is 15.9 Å². The SMILES string of the molecule is Cc1nc(C)n(-c2ccc(Br)cc2CNC(C)(C)C)n1. The van der Waals surface area contributed by atoms with Crippen molar-refractivity contribution in [2.24, 2.45) is 0 Å². The molecule has 20 heavy (non-hydrogen) atoms. The van der Waals surface area contributed by atoms with Crippen LogP contribution in [0.15, 0.2) is 22.7 Å². The summed E-state index contributed by atoms with van der Waals surface area (Å²) in [5, 5.41) is 8.00. The maximum Gasteiger partial charge on any atom is 0.148 e. The van der Waals surface area contributed by atoms with E-state index in [0.717, 1.165) is 28.4 Å². The molecule has 2 aromatic rings. The molecule has 0 saturated carbocycles. The smallest absolute Gasteiger partial charge is 0.148 e. The third-order valence-corrected chi connectivity index (χ3v) is 3.45. The van der Waals surface area contributed by atoms with E-state index in [1.54, 1.807) is 0 Å². The van der Waals surface area contributed by atoms with Gasteiger partial charge >= 0.3 is 0 Å². The first-order valence-electron chi connectivity index (χ1n) is 6.70. The molecule has 0 radical (unpaired) electrons. The topological polar surface area (TPSA) is 42.7 Å². The van der Waals surface area contributed by atoms with E-state index < -0.39 is 0 Å². The molecule has 0 saturated heterocycles. The van der Waals surface area contributed by atoms with Gasteiger partial charge in [0.25, 0.3) is 0 Å². The van der Waals surface area contributed by atoms with Crippen LogP contribution in [0.5, 0.6) is 0 Å². The van der Waals surface area contributed by atoms with Crippen LogP contribution in [0.4, 0.5) is 0 Å². The molecule has 0 unspecified atom stereocenters. The summed E-state index contributed by atoms with van der Waals surface area (Å²) in [5.74, 6) is 1.70. The highest BCUT2D eigenvalue weighted by atomic mass is 79.9. The molecule has 0 atom stereocenters. The Morgan fingerprint density at radius 2 is 1.95 bits per heavy atom. The van der Waals surface area contributed by atoms with E-state index in [1.165, 1.54) is 5.56 Å². The highest BCUT2D eigenvalue weighted by Gasteiger charge is 2.14. The van der Waals surface area contributed by atoms with Crippen molar-refractivity contribution in [2.45, 2.75) is 46.7 Å². The summed E-state index contributed by atoms with van der Waals surface area (Å²) in [5.41, 5.74) is 2.35. The van der Waals surface area contributed by atoms with E-state index in [9.17, 15) is 0 Å². The van der Waals surface area contributed by atoms with E-state index >= 15 is 0 Å². The first-order chi connectivity index (χ1) is 9.26. The number of benzene rings is 1. The first kappa shape index (κ1) is 15.2. The lowest BCUT2D eigenvalue weighted by Gasteiger charge is -2.22. The van der Waals surface area contributed by atoms with Gasteiger partial charge < -0.3 is 5.32 Å². The molecule has 0 fully saturated rings. The van der Waals surface area contributed by atoms with Gasteiger partial charge in [-0.05, 0) is 58.4 Å². The second-order valence-electron chi connectivity index (χ2n) is 5.99. The fourth-order valence-corrected chi connectivity index (χ4v) is 2.42. The fourth-order valence-electron chi connectivity index (χ4n) is 2.01. The molecular formula is C15H21BrN4. The maximum absolute atomic E-state index is 4.48. The van der Waals surface area contributed by atoms with Gasteiger partial charge in [0.2, 0.25) is 0 Å². The van der Waals surface area contributed by atoms with Gasteiger partial charge in [0.15, 0.2) is 0 Å². The number of nitrogens with zero attached hydrogens (tertiary/aromatic N) is 3. The van der Waals surface area contributed by atoms with E-state index in [4.69, 9.17) is 0 Å². The van der Waals surface area contributed by atoms with E-state index in [-0.39, 0.29) is 5.54 Å². The lowest BCUT2D eigenvalue weighted by atomic mass is 10.1.